The van der Waals surface area contributed by atoms with E-state index in [9.17, 15) is 39.6 Å². The predicted octanol–water partition coefficient (Wildman–Crippen LogP) is 4.68. The van der Waals surface area contributed by atoms with Gasteiger partial charge >= 0.3 is 5.97 Å². The van der Waals surface area contributed by atoms with Gasteiger partial charge in [0.25, 0.3) is 0 Å². The van der Waals surface area contributed by atoms with Gasteiger partial charge in [-0.3, -0.25) is 19.2 Å². The molecule has 0 radical (unpaired) electrons. The largest absolute Gasteiger partial charge is 0.445 e. The maximum absolute atomic E-state index is 16.8. The standard InChI is InChI=1S/C22H28O3.C21H27FO6/c1-4-22(25-14(2)23)12-10-20-19-7-5-15-13-16(24)6-8-17(15)18(19)9-11-21(20,22)3;1-18-6-5-12(24)7-11(18)3-4-13-14-8-15(25)21(28,17(27)10-23)19(14,2)9-16(26)20(13,18)22/h1,13,17-20H,5-12H2,2-3H3;5-7,13-16,23,25-26,28H,3-4,8-10H2,1-2H3/t17-,18+,19+,20-,21-,22-;13-,14-,15+,16-,18-,19-,20-,21-/m00/s1. The number of hydrogen-bond donors (Lipinski definition) is 4. The van der Waals surface area contributed by atoms with Crippen LogP contribution in [0.25, 0.3) is 0 Å². The molecule has 0 saturated heterocycles. The minimum absolute atomic E-state index is 0.0135. The van der Waals surface area contributed by atoms with Gasteiger partial charge in [0.1, 0.15) is 6.61 Å². The van der Waals surface area contributed by atoms with Crippen LogP contribution in [0.2, 0.25) is 0 Å². The second-order valence-corrected chi connectivity index (χ2v) is 18.2. The third-order valence-corrected chi connectivity index (χ3v) is 16.4. The van der Waals surface area contributed by atoms with Crippen LogP contribution in [0, 0.1) is 64.1 Å². The predicted molar refractivity (Wildman–Crippen MR) is 192 cm³/mol. The topological polar surface area (TPSA) is 158 Å². The average Bonchev–Trinajstić information content (AvgIpc) is 3.52. The number of hydrogen-bond acceptors (Lipinski definition) is 9. The van der Waals surface area contributed by atoms with Crippen LogP contribution in [0.15, 0.2) is 35.5 Å². The van der Waals surface area contributed by atoms with Crippen molar-refractivity contribution in [2.75, 3.05) is 6.61 Å². The van der Waals surface area contributed by atoms with Crippen molar-refractivity contribution in [3.8, 4) is 12.3 Å². The highest BCUT2D eigenvalue weighted by molar-refractivity contribution is 6.01. The van der Waals surface area contributed by atoms with E-state index in [0.29, 0.717) is 54.3 Å². The highest BCUT2D eigenvalue weighted by Gasteiger charge is 2.76. The van der Waals surface area contributed by atoms with Gasteiger partial charge < -0.3 is 25.2 Å². The SMILES string of the molecule is C#C[C@]1(OC(C)=O)CC[C@H]2[C@@H]3CCC4=CC(=O)CC[C@@H]4[C@H]3CC[C@@]21C.C[C@]12C=CC(=O)C=C1CC[C@H]1[C@@H]3C[C@@H](O)[C@](O)(C(=O)CO)[C@@]3(C)C[C@H](O)[C@@]12F. The number of ether oxygens (including phenoxy) is 1. The number of esters is 1. The fourth-order valence-corrected chi connectivity index (χ4v) is 13.7. The van der Waals surface area contributed by atoms with Crippen LogP contribution in [-0.4, -0.2) is 79.4 Å². The number of halogens is 1. The van der Waals surface area contributed by atoms with E-state index in [1.165, 1.54) is 30.7 Å². The van der Waals surface area contributed by atoms with Gasteiger partial charge in [-0.25, -0.2) is 4.39 Å². The molecule has 8 aliphatic carbocycles. The summed E-state index contributed by atoms with van der Waals surface area (Å²) in [5.41, 5.74) is -5.55. The zero-order valence-electron chi connectivity index (χ0n) is 31.4. The van der Waals surface area contributed by atoms with Gasteiger partial charge in [-0.1, -0.05) is 37.0 Å². The van der Waals surface area contributed by atoms with E-state index in [4.69, 9.17) is 11.2 Å². The fraction of sp³-hybridized carbons (Fsp3) is 0.721. The smallest absolute Gasteiger partial charge is 0.304 e. The lowest BCUT2D eigenvalue weighted by Crippen LogP contribution is -2.69. The van der Waals surface area contributed by atoms with Crippen LogP contribution in [0.3, 0.4) is 0 Å². The number of aliphatic hydroxyl groups excluding tert-OH is 3. The normalized spacial score (nSPS) is 49.2. The number of rotatable bonds is 3. The summed E-state index contributed by atoms with van der Waals surface area (Å²) >= 11 is 0. The summed E-state index contributed by atoms with van der Waals surface area (Å²) < 4.78 is 22.6. The van der Waals surface area contributed by atoms with Gasteiger partial charge in [-0.05, 0) is 125 Å². The van der Waals surface area contributed by atoms with E-state index in [2.05, 4.69) is 12.8 Å². The number of ketones is 3. The maximum atomic E-state index is 16.8. The molecule has 288 valence electrons. The first kappa shape index (κ1) is 38.3. The van der Waals surface area contributed by atoms with Gasteiger partial charge in [0.05, 0.1) is 12.2 Å². The number of terminal acetylenes is 1. The molecule has 14 atom stereocenters. The first-order chi connectivity index (χ1) is 24.9. The second kappa shape index (κ2) is 12.8. The Morgan fingerprint density at radius 1 is 0.925 bits per heavy atom. The molecule has 0 aromatic carbocycles. The zero-order chi connectivity index (χ0) is 38.5. The lowest BCUT2D eigenvalue weighted by atomic mass is 9.44. The summed E-state index contributed by atoms with van der Waals surface area (Å²) in [5.74, 6) is 3.03. The molecule has 4 N–H and O–H groups in total. The first-order valence-corrected chi connectivity index (χ1v) is 19.6. The number of fused-ring (bicyclic) bond motifs is 10. The molecule has 0 aromatic rings. The molecule has 0 heterocycles. The Morgan fingerprint density at radius 2 is 1.66 bits per heavy atom. The zero-order valence-corrected chi connectivity index (χ0v) is 31.4. The molecule has 8 rings (SSSR count). The minimum atomic E-state index is -2.23. The van der Waals surface area contributed by atoms with Crippen LogP contribution in [-0.2, 0) is 23.9 Å². The summed E-state index contributed by atoms with van der Waals surface area (Å²) in [7, 11) is 0. The molecule has 9 nitrogen and oxygen atoms in total. The van der Waals surface area contributed by atoms with Crippen molar-refractivity contribution in [1.29, 1.82) is 0 Å². The van der Waals surface area contributed by atoms with Crippen LogP contribution in [0.5, 0.6) is 0 Å². The summed E-state index contributed by atoms with van der Waals surface area (Å²) in [5, 5.41) is 42.1. The van der Waals surface area contributed by atoms with Crippen LogP contribution in [0.1, 0.15) is 105 Å². The average molecular weight is 735 g/mol. The van der Waals surface area contributed by atoms with E-state index in [0.717, 1.165) is 44.9 Å². The van der Waals surface area contributed by atoms with Crippen LogP contribution in [0.4, 0.5) is 4.39 Å². The Morgan fingerprint density at radius 3 is 2.34 bits per heavy atom. The summed E-state index contributed by atoms with van der Waals surface area (Å²) in [6.45, 7) is 6.07. The molecule has 0 aromatic heterocycles. The van der Waals surface area contributed by atoms with E-state index >= 15 is 4.39 Å². The minimum Gasteiger partial charge on any atom is -0.445 e. The summed E-state index contributed by atoms with van der Waals surface area (Å²) in [6.07, 6.45) is 17.7. The van der Waals surface area contributed by atoms with Crippen molar-refractivity contribution in [2.45, 2.75) is 134 Å². The Kier molecular flexibility index (Phi) is 9.25. The van der Waals surface area contributed by atoms with Gasteiger partial charge in [0, 0.05) is 35.5 Å². The fourth-order valence-electron chi connectivity index (χ4n) is 13.7. The van der Waals surface area contributed by atoms with Gasteiger partial charge in [0.15, 0.2) is 34.2 Å². The second-order valence-electron chi connectivity index (χ2n) is 18.2. The summed E-state index contributed by atoms with van der Waals surface area (Å²) in [4.78, 5) is 47.7. The molecule has 0 spiro atoms. The van der Waals surface area contributed by atoms with E-state index < -0.39 is 64.1 Å². The van der Waals surface area contributed by atoms with E-state index in [-0.39, 0.29) is 30.0 Å². The highest BCUT2D eigenvalue weighted by atomic mass is 19.1. The Labute approximate surface area is 311 Å². The quantitative estimate of drug-likeness (QED) is 0.239. The Hall–Kier alpha value is -2.97. The number of allylic oxidation sites excluding steroid dienone is 5. The van der Waals surface area contributed by atoms with Gasteiger partial charge in [0.2, 0.25) is 0 Å². The molecule has 0 amide bonds. The molecule has 10 heteroatoms. The maximum Gasteiger partial charge on any atom is 0.304 e. The molecular weight excluding hydrogens is 679 g/mol. The van der Waals surface area contributed by atoms with Crippen LogP contribution < -0.4 is 0 Å². The first-order valence-electron chi connectivity index (χ1n) is 19.6. The number of aliphatic hydroxyl groups is 4. The molecule has 8 aliphatic rings. The molecule has 6 saturated carbocycles. The third-order valence-electron chi connectivity index (χ3n) is 16.4. The van der Waals surface area contributed by atoms with Gasteiger partial charge in [-0.2, -0.15) is 0 Å². The van der Waals surface area contributed by atoms with Gasteiger partial charge in [-0.15, -0.1) is 6.42 Å². The summed E-state index contributed by atoms with van der Waals surface area (Å²) in [6, 6.07) is 0. The Bertz CT molecular complexity index is 1740. The van der Waals surface area contributed by atoms with Crippen molar-refractivity contribution in [3.05, 3.63) is 35.5 Å². The molecule has 6 fully saturated rings. The third kappa shape index (κ3) is 5.09. The van der Waals surface area contributed by atoms with Crippen molar-refractivity contribution in [1.82, 2.24) is 0 Å². The molecular formula is C43H55FO9. The van der Waals surface area contributed by atoms with E-state index in [1.807, 2.05) is 6.08 Å². The van der Waals surface area contributed by atoms with Crippen LogP contribution >= 0.6 is 0 Å². The van der Waals surface area contributed by atoms with Crippen molar-refractivity contribution < 1.29 is 48.7 Å². The number of alkyl halides is 1. The Balaban J connectivity index is 0.000000165. The van der Waals surface area contributed by atoms with Crippen molar-refractivity contribution in [3.63, 3.8) is 0 Å². The lowest BCUT2D eigenvalue weighted by Gasteiger charge is -2.62. The highest BCUT2D eigenvalue weighted by Crippen LogP contribution is 2.70. The molecule has 0 bridgehead atoms. The molecule has 0 aliphatic heterocycles. The molecule has 0 unspecified atom stereocenters. The number of carbonyl (C=O) groups excluding carboxylic acids is 4. The number of Topliss-reactive ketones (excluding diaryl/α,β-unsaturated/α-hetero) is 1. The number of carbonyl (C=O) groups is 4. The van der Waals surface area contributed by atoms with E-state index in [1.54, 1.807) is 13.8 Å². The van der Waals surface area contributed by atoms with Crippen molar-refractivity contribution in [2.24, 2.45) is 51.8 Å². The van der Waals surface area contributed by atoms with Crippen molar-refractivity contribution >= 4 is 23.3 Å². The molecule has 53 heavy (non-hydrogen) atoms. The lowest BCUT2D eigenvalue weighted by molar-refractivity contribution is -0.222. The monoisotopic (exact) mass is 734 g/mol.